The Kier molecular flexibility index (Phi) is 3.27. The van der Waals surface area contributed by atoms with Gasteiger partial charge >= 0.3 is 0 Å². The molecule has 0 radical (unpaired) electrons. The number of imidazole rings is 1. The summed E-state index contributed by atoms with van der Waals surface area (Å²) in [5, 5.41) is 2.85. The second-order valence-electron chi connectivity index (χ2n) is 4.72. The number of benzene rings is 1. The third-order valence-electron chi connectivity index (χ3n) is 3.25. The molecule has 0 saturated carbocycles. The van der Waals surface area contributed by atoms with Gasteiger partial charge in [0.25, 0.3) is 5.91 Å². The first kappa shape index (κ1) is 13.6. The number of hydrogen-bond acceptors (Lipinski definition) is 5. The highest BCUT2D eigenvalue weighted by Crippen LogP contribution is 2.32. The van der Waals surface area contributed by atoms with E-state index in [4.69, 9.17) is 9.47 Å². The Balaban J connectivity index is 1.46. The quantitative estimate of drug-likeness (QED) is 0.759. The molecule has 1 aromatic carbocycles. The Hall–Kier alpha value is -2.06. The van der Waals surface area contributed by atoms with E-state index in [2.05, 4.69) is 26.2 Å². The molecule has 4 rings (SSSR count). The van der Waals surface area contributed by atoms with E-state index in [1.807, 2.05) is 28.8 Å². The van der Waals surface area contributed by atoms with E-state index in [1.165, 1.54) is 11.3 Å². The first-order valence-electron chi connectivity index (χ1n) is 6.50. The third-order valence-corrected chi connectivity index (χ3v) is 4.73. The van der Waals surface area contributed by atoms with Crippen LogP contribution in [0.3, 0.4) is 0 Å². The van der Waals surface area contributed by atoms with Gasteiger partial charge in [-0.2, -0.15) is 0 Å². The molecule has 0 saturated heterocycles. The smallest absolute Gasteiger partial charge is 0.271 e. The van der Waals surface area contributed by atoms with Crippen molar-refractivity contribution >= 4 is 38.1 Å². The van der Waals surface area contributed by atoms with Crippen molar-refractivity contribution in [3.05, 3.63) is 45.6 Å². The first-order chi connectivity index (χ1) is 10.7. The highest BCUT2D eigenvalue weighted by molar-refractivity contribution is 9.11. The summed E-state index contributed by atoms with van der Waals surface area (Å²) >= 11 is 4.86. The molecule has 0 unspecified atom stereocenters. The molecule has 3 aromatic rings. The molecule has 0 fully saturated rings. The number of nitrogens with zero attached hydrogens (tertiary/aromatic N) is 2. The number of fused-ring (bicyclic) bond motifs is 2. The van der Waals surface area contributed by atoms with Crippen molar-refractivity contribution < 1.29 is 14.3 Å². The van der Waals surface area contributed by atoms with Crippen LogP contribution < -0.4 is 14.8 Å². The summed E-state index contributed by atoms with van der Waals surface area (Å²) in [6.07, 6.45) is 3.59. The van der Waals surface area contributed by atoms with E-state index in [9.17, 15) is 4.79 Å². The normalized spacial score (nSPS) is 12.8. The summed E-state index contributed by atoms with van der Waals surface area (Å²) in [6.45, 7) is 0.649. The molecule has 0 spiro atoms. The molecule has 22 heavy (non-hydrogen) atoms. The minimum absolute atomic E-state index is 0.204. The van der Waals surface area contributed by atoms with Gasteiger partial charge in [0, 0.05) is 18.9 Å². The van der Waals surface area contributed by atoms with Crippen LogP contribution >= 0.6 is 27.3 Å². The van der Waals surface area contributed by atoms with Crippen LogP contribution in [0.4, 0.5) is 0 Å². The van der Waals surface area contributed by atoms with E-state index in [1.54, 1.807) is 6.20 Å². The maximum Gasteiger partial charge on any atom is 0.271 e. The SMILES string of the molecule is O=C(NCc1ccc2c(c1)OCO2)c1cn2cc(Br)sc2n1. The van der Waals surface area contributed by atoms with Crippen LogP contribution in [-0.4, -0.2) is 22.1 Å². The van der Waals surface area contributed by atoms with Crippen LogP contribution in [-0.2, 0) is 6.54 Å². The van der Waals surface area contributed by atoms with Crippen LogP contribution in [0.15, 0.2) is 34.4 Å². The Morgan fingerprint density at radius 2 is 2.23 bits per heavy atom. The summed E-state index contributed by atoms with van der Waals surface area (Å²) in [4.78, 5) is 17.2. The van der Waals surface area contributed by atoms with Gasteiger partial charge < -0.3 is 14.8 Å². The van der Waals surface area contributed by atoms with Gasteiger partial charge in [-0.05, 0) is 33.6 Å². The van der Waals surface area contributed by atoms with E-state index in [-0.39, 0.29) is 12.7 Å². The number of carbonyl (C=O) groups excluding carboxylic acids is 1. The summed E-state index contributed by atoms with van der Waals surface area (Å²) in [5.41, 5.74) is 1.35. The summed E-state index contributed by atoms with van der Waals surface area (Å²) < 4.78 is 13.4. The molecule has 112 valence electrons. The van der Waals surface area contributed by atoms with E-state index >= 15 is 0 Å². The van der Waals surface area contributed by atoms with Gasteiger partial charge in [0.1, 0.15) is 5.69 Å². The second-order valence-corrected chi connectivity index (χ2v) is 7.11. The van der Waals surface area contributed by atoms with Gasteiger partial charge in [0.15, 0.2) is 16.5 Å². The fourth-order valence-corrected chi connectivity index (χ4v) is 3.55. The van der Waals surface area contributed by atoms with E-state index in [0.29, 0.717) is 18.0 Å². The Morgan fingerprint density at radius 3 is 3.09 bits per heavy atom. The molecule has 0 bridgehead atoms. The van der Waals surface area contributed by atoms with Gasteiger partial charge in [-0.25, -0.2) is 4.98 Å². The Morgan fingerprint density at radius 1 is 1.36 bits per heavy atom. The Bertz CT molecular complexity index is 842. The van der Waals surface area contributed by atoms with Crippen LogP contribution in [0.2, 0.25) is 0 Å². The van der Waals surface area contributed by atoms with Crippen LogP contribution in [0.5, 0.6) is 11.5 Å². The number of thiazole rings is 1. The van der Waals surface area contributed by atoms with Crippen LogP contribution in [0, 0.1) is 0 Å². The number of hydrogen-bond donors (Lipinski definition) is 1. The zero-order valence-electron chi connectivity index (χ0n) is 11.2. The largest absolute Gasteiger partial charge is 0.454 e. The molecule has 2 aromatic heterocycles. The molecule has 6 nitrogen and oxygen atoms in total. The first-order valence-corrected chi connectivity index (χ1v) is 8.11. The highest BCUT2D eigenvalue weighted by Gasteiger charge is 2.15. The highest BCUT2D eigenvalue weighted by atomic mass is 79.9. The molecule has 1 amide bonds. The number of carbonyl (C=O) groups is 1. The van der Waals surface area contributed by atoms with Crippen molar-refractivity contribution in [1.82, 2.24) is 14.7 Å². The van der Waals surface area contributed by atoms with Crippen molar-refractivity contribution in [2.75, 3.05) is 6.79 Å². The summed E-state index contributed by atoms with van der Waals surface area (Å²) in [6, 6.07) is 5.61. The molecule has 1 aliphatic rings. The van der Waals surface area contributed by atoms with Gasteiger partial charge in [-0.1, -0.05) is 17.4 Å². The summed E-state index contributed by atoms with van der Waals surface area (Å²) in [5.74, 6) is 1.23. The number of amides is 1. The molecule has 1 aliphatic heterocycles. The molecule has 0 aliphatic carbocycles. The lowest BCUT2D eigenvalue weighted by Crippen LogP contribution is -2.23. The van der Waals surface area contributed by atoms with Crippen molar-refractivity contribution in [2.45, 2.75) is 6.54 Å². The number of ether oxygens (including phenoxy) is 2. The predicted molar refractivity (Wildman–Crippen MR) is 84.5 cm³/mol. The van der Waals surface area contributed by atoms with Crippen LogP contribution in [0.25, 0.3) is 4.96 Å². The number of halogens is 1. The lowest BCUT2D eigenvalue weighted by atomic mass is 10.2. The third kappa shape index (κ3) is 2.44. The molecule has 0 atom stereocenters. The van der Waals surface area contributed by atoms with Gasteiger partial charge in [-0.15, -0.1) is 0 Å². The standard InChI is InChI=1S/C14H10BrN3O3S/c15-12-6-18-5-9(17-14(18)22-12)13(19)16-4-8-1-2-10-11(3-8)21-7-20-10/h1-3,5-6H,4,7H2,(H,16,19). The zero-order valence-corrected chi connectivity index (χ0v) is 13.6. The molecular formula is C14H10BrN3O3S. The number of aromatic nitrogens is 2. The fraction of sp³-hybridized carbons (Fsp3) is 0.143. The second kappa shape index (κ2) is 5.29. The fourth-order valence-electron chi connectivity index (χ4n) is 2.20. The van der Waals surface area contributed by atoms with Crippen molar-refractivity contribution in [1.29, 1.82) is 0 Å². The van der Waals surface area contributed by atoms with Crippen molar-refractivity contribution in [2.24, 2.45) is 0 Å². The minimum Gasteiger partial charge on any atom is -0.454 e. The lowest BCUT2D eigenvalue weighted by molar-refractivity contribution is 0.0946. The molecule has 1 N–H and O–H groups in total. The lowest BCUT2D eigenvalue weighted by Gasteiger charge is -2.04. The minimum atomic E-state index is -0.204. The summed E-state index contributed by atoms with van der Waals surface area (Å²) in [7, 11) is 0. The monoisotopic (exact) mass is 379 g/mol. The molecule has 3 heterocycles. The van der Waals surface area contributed by atoms with Gasteiger partial charge in [0.2, 0.25) is 6.79 Å². The Labute approximate surface area is 137 Å². The average Bonchev–Trinajstić information content (AvgIpc) is 3.17. The molecule has 8 heteroatoms. The number of nitrogens with one attached hydrogen (secondary N) is 1. The van der Waals surface area contributed by atoms with Crippen molar-refractivity contribution in [3.63, 3.8) is 0 Å². The molecular weight excluding hydrogens is 370 g/mol. The van der Waals surface area contributed by atoms with E-state index in [0.717, 1.165) is 20.1 Å². The van der Waals surface area contributed by atoms with Gasteiger partial charge in [0.05, 0.1) is 3.79 Å². The average molecular weight is 380 g/mol. The number of rotatable bonds is 3. The zero-order chi connectivity index (χ0) is 15.1. The maximum absolute atomic E-state index is 12.2. The topological polar surface area (TPSA) is 64.9 Å². The van der Waals surface area contributed by atoms with Crippen molar-refractivity contribution in [3.8, 4) is 11.5 Å². The van der Waals surface area contributed by atoms with Gasteiger partial charge in [-0.3, -0.25) is 9.20 Å². The predicted octanol–water partition coefficient (Wildman–Crippen LogP) is 2.82. The van der Waals surface area contributed by atoms with Crippen LogP contribution in [0.1, 0.15) is 16.1 Å². The van der Waals surface area contributed by atoms with E-state index < -0.39 is 0 Å². The maximum atomic E-state index is 12.2.